The SMILES string of the molecule is CCCNC1CC2CCCC(C1)N2CCC(N)=O. The van der Waals surface area contributed by atoms with Gasteiger partial charge in [0.05, 0.1) is 0 Å². The predicted molar refractivity (Wildman–Crippen MR) is 73.3 cm³/mol. The summed E-state index contributed by atoms with van der Waals surface area (Å²) in [4.78, 5) is 13.5. The predicted octanol–water partition coefficient (Wildman–Crippen LogP) is 1.25. The van der Waals surface area contributed by atoms with Gasteiger partial charge in [-0.05, 0) is 38.6 Å². The zero-order valence-electron chi connectivity index (χ0n) is 11.5. The second kappa shape index (κ2) is 6.53. The smallest absolute Gasteiger partial charge is 0.218 e. The molecule has 18 heavy (non-hydrogen) atoms. The lowest BCUT2D eigenvalue weighted by Gasteiger charge is -2.49. The van der Waals surface area contributed by atoms with E-state index in [-0.39, 0.29) is 5.91 Å². The van der Waals surface area contributed by atoms with Gasteiger partial charge in [0, 0.05) is 31.1 Å². The van der Waals surface area contributed by atoms with E-state index in [0.29, 0.717) is 24.5 Å². The highest BCUT2D eigenvalue weighted by Crippen LogP contribution is 2.34. The number of carbonyl (C=O) groups is 1. The Morgan fingerprint density at radius 2 is 2.00 bits per heavy atom. The summed E-state index contributed by atoms with van der Waals surface area (Å²) in [6, 6.07) is 2.03. The summed E-state index contributed by atoms with van der Waals surface area (Å²) < 4.78 is 0. The number of carbonyl (C=O) groups excluding carboxylic acids is 1. The first kappa shape index (κ1) is 13.8. The van der Waals surface area contributed by atoms with E-state index >= 15 is 0 Å². The van der Waals surface area contributed by atoms with Gasteiger partial charge in [-0.15, -0.1) is 0 Å². The molecule has 2 aliphatic rings. The van der Waals surface area contributed by atoms with Crippen LogP contribution in [-0.4, -0.2) is 42.0 Å². The minimum Gasteiger partial charge on any atom is -0.370 e. The van der Waals surface area contributed by atoms with Crippen molar-refractivity contribution in [2.45, 2.75) is 70.0 Å². The van der Waals surface area contributed by atoms with Crippen molar-refractivity contribution >= 4 is 5.91 Å². The first-order valence-electron chi connectivity index (χ1n) is 7.48. The molecule has 4 heteroatoms. The Bertz CT molecular complexity index is 268. The first-order chi connectivity index (χ1) is 8.70. The summed E-state index contributed by atoms with van der Waals surface area (Å²) in [5, 5.41) is 3.67. The topological polar surface area (TPSA) is 58.4 Å². The average molecular weight is 253 g/mol. The van der Waals surface area contributed by atoms with E-state index in [2.05, 4.69) is 17.1 Å². The number of nitrogens with zero attached hydrogens (tertiary/aromatic N) is 1. The van der Waals surface area contributed by atoms with Gasteiger partial charge in [-0.25, -0.2) is 0 Å². The van der Waals surface area contributed by atoms with E-state index in [1.165, 1.54) is 38.5 Å². The summed E-state index contributed by atoms with van der Waals surface area (Å²) in [7, 11) is 0. The Morgan fingerprint density at radius 1 is 1.33 bits per heavy atom. The lowest BCUT2D eigenvalue weighted by atomic mass is 9.81. The molecule has 2 unspecified atom stereocenters. The quantitative estimate of drug-likeness (QED) is 0.749. The van der Waals surface area contributed by atoms with Gasteiger partial charge in [0.1, 0.15) is 0 Å². The molecule has 0 aliphatic carbocycles. The van der Waals surface area contributed by atoms with Crippen molar-refractivity contribution in [2.24, 2.45) is 5.73 Å². The van der Waals surface area contributed by atoms with Crippen molar-refractivity contribution in [1.29, 1.82) is 0 Å². The second-order valence-corrected chi connectivity index (χ2v) is 5.82. The molecular formula is C14H27N3O. The summed E-state index contributed by atoms with van der Waals surface area (Å²) in [5.74, 6) is -0.167. The van der Waals surface area contributed by atoms with Gasteiger partial charge in [0.25, 0.3) is 0 Å². The minimum absolute atomic E-state index is 0.167. The third-order valence-corrected chi connectivity index (χ3v) is 4.43. The van der Waals surface area contributed by atoms with Gasteiger partial charge < -0.3 is 11.1 Å². The normalized spacial score (nSPS) is 32.4. The lowest BCUT2D eigenvalue weighted by molar-refractivity contribution is -0.118. The Hall–Kier alpha value is -0.610. The van der Waals surface area contributed by atoms with Gasteiger partial charge in [-0.3, -0.25) is 9.69 Å². The van der Waals surface area contributed by atoms with E-state index in [1.54, 1.807) is 0 Å². The van der Waals surface area contributed by atoms with Gasteiger partial charge >= 0.3 is 0 Å². The van der Waals surface area contributed by atoms with Crippen LogP contribution in [0.5, 0.6) is 0 Å². The number of primary amides is 1. The number of fused-ring (bicyclic) bond motifs is 2. The molecule has 0 aromatic heterocycles. The molecule has 0 radical (unpaired) electrons. The molecule has 2 rings (SSSR count). The molecule has 4 nitrogen and oxygen atoms in total. The van der Waals surface area contributed by atoms with E-state index in [9.17, 15) is 4.79 Å². The van der Waals surface area contributed by atoms with Crippen molar-refractivity contribution < 1.29 is 4.79 Å². The summed E-state index contributed by atoms with van der Waals surface area (Å²) >= 11 is 0. The van der Waals surface area contributed by atoms with Crippen LogP contribution in [0.25, 0.3) is 0 Å². The lowest BCUT2D eigenvalue weighted by Crippen LogP contribution is -2.56. The van der Waals surface area contributed by atoms with Crippen LogP contribution >= 0.6 is 0 Å². The van der Waals surface area contributed by atoms with Crippen LogP contribution in [0.2, 0.25) is 0 Å². The van der Waals surface area contributed by atoms with Crippen molar-refractivity contribution in [3.63, 3.8) is 0 Å². The number of nitrogens with one attached hydrogen (secondary N) is 1. The molecular weight excluding hydrogens is 226 g/mol. The number of piperidine rings is 2. The maximum absolute atomic E-state index is 11.0. The summed E-state index contributed by atoms with van der Waals surface area (Å²) in [6.45, 7) is 4.21. The molecule has 3 N–H and O–H groups in total. The highest BCUT2D eigenvalue weighted by atomic mass is 16.1. The van der Waals surface area contributed by atoms with Gasteiger partial charge in [-0.2, -0.15) is 0 Å². The molecule has 0 aromatic rings. The van der Waals surface area contributed by atoms with Gasteiger partial charge in [0.15, 0.2) is 0 Å². The molecule has 2 aliphatic heterocycles. The largest absolute Gasteiger partial charge is 0.370 e. The van der Waals surface area contributed by atoms with Crippen LogP contribution in [-0.2, 0) is 4.79 Å². The maximum atomic E-state index is 11.0. The van der Waals surface area contributed by atoms with Crippen LogP contribution < -0.4 is 11.1 Å². The summed E-state index contributed by atoms with van der Waals surface area (Å²) in [5.41, 5.74) is 5.28. The fraction of sp³-hybridized carbons (Fsp3) is 0.929. The third-order valence-electron chi connectivity index (χ3n) is 4.43. The monoisotopic (exact) mass is 253 g/mol. The van der Waals surface area contributed by atoms with Crippen LogP contribution in [0, 0.1) is 0 Å². The Morgan fingerprint density at radius 3 is 2.56 bits per heavy atom. The Kier molecular flexibility index (Phi) is 5.01. The average Bonchev–Trinajstić information content (AvgIpc) is 2.33. The molecule has 2 heterocycles. The molecule has 0 aromatic carbocycles. The highest BCUT2D eigenvalue weighted by Gasteiger charge is 2.37. The van der Waals surface area contributed by atoms with E-state index in [4.69, 9.17) is 5.73 Å². The van der Waals surface area contributed by atoms with E-state index < -0.39 is 0 Å². The Balaban J connectivity index is 1.88. The van der Waals surface area contributed by atoms with Crippen molar-refractivity contribution in [3.8, 4) is 0 Å². The molecule has 104 valence electrons. The Labute approximate surface area is 110 Å². The second-order valence-electron chi connectivity index (χ2n) is 5.82. The molecule has 2 bridgehead atoms. The first-order valence-corrected chi connectivity index (χ1v) is 7.48. The third kappa shape index (κ3) is 3.45. The molecule has 0 saturated carbocycles. The van der Waals surface area contributed by atoms with Crippen molar-refractivity contribution in [3.05, 3.63) is 0 Å². The van der Waals surface area contributed by atoms with Crippen molar-refractivity contribution in [2.75, 3.05) is 13.1 Å². The molecule has 2 atom stereocenters. The molecule has 2 fully saturated rings. The van der Waals surface area contributed by atoms with E-state index in [0.717, 1.165) is 13.1 Å². The molecule has 0 spiro atoms. The van der Waals surface area contributed by atoms with Crippen molar-refractivity contribution in [1.82, 2.24) is 10.2 Å². The van der Waals surface area contributed by atoms with Crippen LogP contribution in [0.1, 0.15) is 51.9 Å². The summed E-state index contributed by atoms with van der Waals surface area (Å²) in [6.07, 6.45) is 8.14. The number of rotatable bonds is 6. The highest BCUT2D eigenvalue weighted by molar-refractivity contribution is 5.73. The zero-order chi connectivity index (χ0) is 13.0. The number of nitrogens with two attached hydrogens (primary N) is 1. The van der Waals surface area contributed by atoms with Gasteiger partial charge in [-0.1, -0.05) is 13.3 Å². The van der Waals surface area contributed by atoms with Crippen LogP contribution in [0.15, 0.2) is 0 Å². The zero-order valence-corrected chi connectivity index (χ0v) is 11.5. The van der Waals surface area contributed by atoms with Crippen LogP contribution in [0.3, 0.4) is 0 Å². The maximum Gasteiger partial charge on any atom is 0.218 e. The van der Waals surface area contributed by atoms with Crippen LogP contribution in [0.4, 0.5) is 0 Å². The fourth-order valence-electron chi connectivity index (χ4n) is 3.60. The standard InChI is InChI=1S/C14H27N3O/c1-2-7-16-11-9-12-4-3-5-13(10-11)17(12)8-6-14(15)18/h11-13,16H,2-10H2,1H3,(H2,15,18). The number of hydrogen-bond donors (Lipinski definition) is 2. The number of hydrogen-bond acceptors (Lipinski definition) is 3. The van der Waals surface area contributed by atoms with Gasteiger partial charge in [0.2, 0.25) is 5.91 Å². The van der Waals surface area contributed by atoms with E-state index in [1.807, 2.05) is 0 Å². The number of amides is 1. The fourth-order valence-corrected chi connectivity index (χ4v) is 3.60. The minimum atomic E-state index is -0.167. The molecule has 2 saturated heterocycles. The molecule has 1 amide bonds.